The fourth-order valence-electron chi connectivity index (χ4n) is 5.15. The Bertz CT molecular complexity index is 1850. The van der Waals surface area contributed by atoms with Crippen LogP contribution in [0.3, 0.4) is 0 Å². The number of halogens is 1. The number of carboxylic acid groups (broad SMARTS) is 1. The molecule has 2 amide bonds. The summed E-state index contributed by atoms with van der Waals surface area (Å²) in [6.45, 7) is 2.28. The first-order valence-electron chi connectivity index (χ1n) is 13.8. The fourth-order valence-corrected chi connectivity index (χ4v) is 9.03. The molecule has 0 saturated carbocycles. The van der Waals surface area contributed by atoms with Crippen LogP contribution in [-0.4, -0.2) is 88.7 Å². The van der Waals surface area contributed by atoms with Crippen molar-refractivity contribution in [1.82, 2.24) is 20.5 Å². The van der Waals surface area contributed by atoms with Crippen LogP contribution in [0.5, 0.6) is 0 Å². The number of alkyl halides is 1. The van der Waals surface area contributed by atoms with Crippen LogP contribution >= 0.6 is 46.2 Å². The average Bonchev–Trinajstić information content (AvgIpc) is 3.49. The first kappa shape index (κ1) is 32.0. The monoisotopic (exact) mass is 703 g/mol. The summed E-state index contributed by atoms with van der Waals surface area (Å²) < 4.78 is 14.2. The van der Waals surface area contributed by atoms with Gasteiger partial charge in [-0.2, -0.15) is 0 Å². The molecule has 5 heterocycles. The van der Waals surface area contributed by atoms with Gasteiger partial charge >= 0.3 is 5.97 Å². The molecule has 46 heavy (non-hydrogen) atoms. The molecule has 3 aromatic rings. The molecule has 240 valence electrons. The number of amides is 2. The number of benzene rings is 1. The average molecular weight is 704 g/mol. The Hall–Kier alpha value is -3.97. The van der Waals surface area contributed by atoms with E-state index in [-0.39, 0.29) is 33.4 Å². The van der Waals surface area contributed by atoms with Crippen LogP contribution in [0.4, 0.5) is 15.2 Å². The number of aliphatic carboxylic acids is 1. The number of piperazine rings is 1. The highest BCUT2D eigenvalue weighted by Crippen LogP contribution is 2.41. The number of thioether (sulfide) groups is 2. The number of fused-ring (bicyclic) bond motifs is 2. The minimum absolute atomic E-state index is 0.0424. The van der Waals surface area contributed by atoms with Crippen LogP contribution in [0.25, 0.3) is 10.1 Å². The number of aromatic nitrogens is 1. The van der Waals surface area contributed by atoms with Gasteiger partial charge in [-0.05, 0) is 35.3 Å². The molecule has 18 heteroatoms. The first-order chi connectivity index (χ1) is 22.2. The van der Waals surface area contributed by atoms with Crippen LogP contribution in [0, 0.1) is 0 Å². The van der Waals surface area contributed by atoms with Crippen molar-refractivity contribution in [2.45, 2.75) is 15.6 Å². The third-order valence-electron chi connectivity index (χ3n) is 7.30. The molecule has 3 aliphatic heterocycles. The van der Waals surface area contributed by atoms with Crippen molar-refractivity contribution in [1.29, 1.82) is 0 Å². The molecule has 2 aromatic heterocycles. The Morgan fingerprint density at radius 3 is 2.80 bits per heavy atom. The summed E-state index contributed by atoms with van der Waals surface area (Å²) in [5.74, 6) is -2.52. The van der Waals surface area contributed by atoms with E-state index in [4.69, 9.17) is 5.73 Å². The molecule has 1 aromatic carbocycles. The molecule has 5 N–H and O–H groups in total. The van der Waals surface area contributed by atoms with E-state index in [1.165, 1.54) is 40.2 Å². The van der Waals surface area contributed by atoms with Gasteiger partial charge in [-0.3, -0.25) is 19.3 Å². The molecular weight excluding hydrogens is 678 g/mol. The van der Waals surface area contributed by atoms with Crippen LogP contribution in [0.15, 0.2) is 66.6 Å². The quantitative estimate of drug-likeness (QED) is 0.105. The second-order valence-corrected chi connectivity index (χ2v) is 14.3. The minimum Gasteiger partial charge on any atom is -0.477 e. The van der Waals surface area contributed by atoms with E-state index < -0.39 is 36.1 Å². The van der Waals surface area contributed by atoms with E-state index >= 15 is 0 Å². The number of nitrogens with two attached hydrogens (primary N) is 1. The summed E-state index contributed by atoms with van der Waals surface area (Å²) in [6.07, 6.45) is 1.63. The smallest absolute Gasteiger partial charge is 0.352 e. The Morgan fingerprint density at radius 2 is 2.09 bits per heavy atom. The Morgan fingerprint density at radius 1 is 1.28 bits per heavy atom. The number of hydrogen-bond acceptors (Lipinski definition) is 14. The molecule has 0 aliphatic carbocycles. The normalized spacial score (nSPS) is 20.2. The lowest BCUT2D eigenvalue weighted by Gasteiger charge is -2.49. The zero-order valence-electron chi connectivity index (χ0n) is 23.8. The molecule has 2 atom stereocenters. The van der Waals surface area contributed by atoms with Gasteiger partial charge in [-0.1, -0.05) is 16.9 Å². The van der Waals surface area contributed by atoms with Crippen LogP contribution < -0.4 is 26.7 Å². The van der Waals surface area contributed by atoms with Gasteiger partial charge in [0, 0.05) is 59.2 Å². The van der Waals surface area contributed by atoms with E-state index in [9.17, 15) is 28.7 Å². The summed E-state index contributed by atoms with van der Waals surface area (Å²) in [4.78, 5) is 63.0. The molecule has 0 spiro atoms. The summed E-state index contributed by atoms with van der Waals surface area (Å²) in [6, 6.07) is 6.37. The summed E-state index contributed by atoms with van der Waals surface area (Å²) in [7, 11) is 0. The van der Waals surface area contributed by atoms with E-state index in [0.29, 0.717) is 11.0 Å². The van der Waals surface area contributed by atoms with Crippen molar-refractivity contribution >= 4 is 90.6 Å². The van der Waals surface area contributed by atoms with Crippen molar-refractivity contribution in [2.24, 2.45) is 5.16 Å². The zero-order valence-corrected chi connectivity index (χ0v) is 27.1. The number of β-lactam (4-membered cyclic amide) rings is 1. The van der Waals surface area contributed by atoms with E-state index in [1.54, 1.807) is 17.6 Å². The lowest BCUT2D eigenvalue weighted by Crippen LogP contribution is -2.71. The predicted octanol–water partition coefficient (Wildman–Crippen LogP) is 2.40. The van der Waals surface area contributed by atoms with Crippen molar-refractivity contribution in [3.63, 3.8) is 0 Å². The number of nitrogen functional groups attached to an aromatic ring is 1. The Kier molecular flexibility index (Phi) is 9.60. The number of oxime groups is 1. The van der Waals surface area contributed by atoms with Crippen molar-refractivity contribution in [2.75, 3.05) is 49.4 Å². The number of carboxylic acids is 1. The van der Waals surface area contributed by atoms with Crippen molar-refractivity contribution < 1.29 is 28.7 Å². The number of allylic oxidation sites excluding steroid dienone is 1. The van der Waals surface area contributed by atoms with Crippen LogP contribution in [0.1, 0.15) is 5.69 Å². The second-order valence-electron chi connectivity index (χ2n) is 10.1. The van der Waals surface area contributed by atoms with Gasteiger partial charge in [0.1, 0.15) is 22.8 Å². The molecule has 2 fully saturated rings. The molecule has 0 radical (unpaired) electrons. The molecule has 0 bridgehead atoms. The molecule has 2 saturated heterocycles. The third kappa shape index (κ3) is 6.48. The van der Waals surface area contributed by atoms with Gasteiger partial charge in [0.25, 0.3) is 18.7 Å². The number of nitrogens with one attached hydrogen (secondary N) is 2. The van der Waals surface area contributed by atoms with Crippen molar-refractivity contribution in [3.05, 3.63) is 68.3 Å². The number of nitrogens with zero attached hydrogens (tertiary/aromatic N) is 4. The van der Waals surface area contributed by atoms with Gasteiger partial charge in [-0.25, -0.2) is 14.2 Å². The number of anilines is 2. The third-order valence-corrected chi connectivity index (χ3v) is 11.3. The number of hydrogen-bond donors (Lipinski definition) is 4. The maximum atomic E-state index is 13.1. The number of carbonyl (C=O) groups is 3. The summed E-state index contributed by atoms with van der Waals surface area (Å²) in [5.41, 5.74) is 6.49. The topological polar surface area (TPSA) is 180 Å². The number of rotatable bonds is 10. The summed E-state index contributed by atoms with van der Waals surface area (Å²) >= 11 is 5.08. The lowest BCUT2D eigenvalue weighted by atomic mass is 10.0. The summed E-state index contributed by atoms with van der Waals surface area (Å²) in [5, 5.41) is 22.6. The highest BCUT2D eigenvalue weighted by molar-refractivity contribution is 8.04. The number of thiazole rings is 1. The van der Waals surface area contributed by atoms with E-state index in [0.717, 1.165) is 57.0 Å². The maximum absolute atomic E-state index is 13.1. The highest BCUT2D eigenvalue weighted by atomic mass is 32.2. The van der Waals surface area contributed by atoms with Crippen molar-refractivity contribution in [3.8, 4) is 0 Å². The van der Waals surface area contributed by atoms with Gasteiger partial charge in [0.15, 0.2) is 16.3 Å². The number of carbonyl (C=O) groups excluding carboxylic acids is 2. The SMILES string of the molecule is Nc1nc(C(=NOCF)C(=O)NC2C(=O)N3C(C(=O)O)=C(C=CSc4cc(=O)c5ccc(N6CCNCC6)cc5s4)CS[C@@H]23)cs1. The van der Waals surface area contributed by atoms with E-state index in [1.807, 2.05) is 18.2 Å². The van der Waals surface area contributed by atoms with E-state index in [2.05, 4.69) is 30.5 Å². The van der Waals surface area contributed by atoms with Gasteiger partial charge < -0.3 is 31.2 Å². The maximum Gasteiger partial charge on any atom is 0.352 e. The molecule has 1 unspecified atom stereocenters. The Balaban J connectivity index is 1.17. The first-order valence-corrected chi connectivity index (χ1v) is 17.4. The zero-order chi connectivity index (χ0) is 32.4. The van der Waals surface area contributed by atoms with Crippen LogP contribution in [-0.2, 0) is 19.2 Å². The predicted molar refractivity (Wildman–Crippen MR) is 178 cm³/mol. The van der Waals surface area contributed by atoms with Gasteiger partial charge in [0.05, 0.1) is 4.21 Å². The standard InChI is InChI=1S/C28H26FN7O6S4/c29-13-42-34-21(17-12-45-28(30)32-17)24(38)33-22-25(39)36-23(27(40)41)14(11-44-26(22)36)3-8-43-20-10-18(37)16-2-1-15(9-19(16)46-20)35-6-4-31-5-7-35/h1-3,8-10,12,22,26,31H,4-7,11,13H2,(H2,30,32)(H,33,38)(H,40,41)/t22?,26-/m0/s1. The Labute approximate surface area is 277 Å². The minimum atomic E-state index is -1.29. The second kappa shape index (κ2) is 13.8. The lowest BCUT2D eigenvalue weighted by molar-refractivity contribution is -0.150. The molecule has 13 nitrogen and oxygen atoms in total. The molecular formula is C28H26FN7O6S4. The highest BCUT2D eigenvalue weighted by Gasteiger charge is 2.54. The largest absolute Gasteiger partial charge is 0.477 e. The molecule has 3 aliphatic rings. The molecule has 6 rings (SSSR count). The van der Waals surface area contributed by atoms with Crippen LogP contribution in [0.2, 0.25) is 0 Å². The fraction of sp³-hybridized carbons (Fsp3) is 0.286. The van der Waals surface area contributed by atoms with Gasteiger partial charge in [-0.15, -0.1) is 34.4 Å². The van der Waals surface area contributed by atoms with Gasteiger partial charge in [0.2, 0.25) is 0 Å².